The van der Waals surface area contributed by atoms with Gasteiger partial charge in [0.25, 0.3) is 5.91 Å². The van der Waals surface area contributed by atoms with Crippen LogP contribution in [-0.4, -0.2) is 24.0 Å². The molecule has 0 aromatic heterocycles. The van der Waals surface area contributed by atoms with Gasteiger partial charge < -0.3 is 4.74 Å². The number of ketones is 1. The number of nitrogens with zero attached hydrogens (tertiary/aromatic N) is 2. The van der Waals surface area contributed by atoms with E-state index in [2.05, 4.69) is 20.8 Å². The van der Waals surface area contributed by atoms with Crippen molar-refractivity contribution in [2.75, 3.05) is 11.5 Å². The summed E-state index contributed by atoms with van der Waals surface area (Å²) in [7, 11) is 0. The Morgan fingerprint density at radius 1 is 0.972 bits per heavy atom. The van der Waals surface area contributed by atoms with Crippen LogP contribution in [0.4, 0.5) is 11.4 Å². The average molecular weight is 481 g/mol. The molecule has 1 fully saturated rings. The molecule has 2 unspecified atom stereocenters. The van der Waals surface area contributed by atoms with Crippen molar-refractivity contribution in [3.63, 3.8) is 0 Å². The number of amides is 1. The SMILES string of the molecule is CCCOc1ccccc1C1C2C(=O)CC(C)(C)CC2=Nc2ccccc2N1C(=O)c1ccccc1. The first kappa shape index (κ1) is 24.0. The van der Waals surface area contributed by atoms with E-state index in [0.717, 1.165) is 17.7 Å². The van der Waals surface area contributed by atoms with Crippen LogP contribution in [-0.2, 0) is 4.79 Å². The van der Waals surface area contributed by atoms with Gasteiger partial charge in [-0.25, -0.2) is 0 Å². The first-order valence-electron chi connectivity index (χ1n) is 12.7. The third kappa shape index (κ3) is 4.46. The number of ether oxygens (including phenoxy) is 1. The second kappa shape index (κ2) is 9.73. The van der Waals surface area contributed by atoms with Crippen molar-refractivity contribution in [3.05, 3.63) is 90.0 Å². The topological polar surface area (TPSA) is 59.0 Å². The molecule has 2 aliphatic rings. The lowest BCUT2D eigenvalue weighted by atomic mass is 9.67. The van der Waals surface area contributed by atoms with E-state index < -0.39 is 12.0 Å². The van der Waals surface area contributed by atoms with E-state index in [4.69, 9.17) is 9.73 Å². The smallest absolute Gasteiger partial charge is 0.258 e. The number of benzene rings is 3. The van der Waals surface area contributed by atoms with Crippen molar-refractivity contribution in [1.82, 2.24) is 0 Å². The Balaban J connectivity index is 1.77. The van der Waals surface area contributed by atoms with Gasteiger partial charge in [0.2, 0.25) is 0 Å². The molecule has 0 N–H and O–H groups in total. The molecule has 1 heterocycles. The Labute approximate surface area is 212 Å². The molecule has 36 heavy (non-hydrogen) atoms. The predicted octanol–water partition coefficient (Wildman–Crippen LogP) is 6.95. The largest absolute Gasteiger partial charge is 0.493 e. The summed E-state index contributed by atoms with van der Waals surface area (Å²) in [5.74, 6) is 0.0995. The van der Waals surface area contributed by atoms with Crippen LogP contribution < -0.4 is 9.64 Å². The number of fused-ring (bicyclic) bond motifs is 2. The molecular formula is C31H32N2O3. The molecule has 184 valence electrons. The summed E-state index contributed by atoms with van der Waals surface area (Å²) in [6, 6.07) is 24.2. The van der Waals surface area contributed by atoms with Crippen molar-refractivity contribution >= 4 is 28.8 Å². The van der Waals surface area contributed by atoms with Crippen LogP contribution in [0.2, 0.25) is 0 Å². The van der Waals surface area contributed by atoms with Gasteiger partial charge in [0, 0.05) is 23.3 Å². The summed E-state index contributed by atoms with van der Waals surface area (Å²) in [6.45, 7) is 6.84. The minimum absolute atomic E-state index is 0.110. The fourth-order valence-electron chi connectivity index (χ4n) is 5.46. The molecule has 1 amide bonds. The van der Waals surface area contributed by atoms with Gasteiger partial charge in [0.05, 0.1) is 29.9 Å². The zero-order chi connectivity index (χ0) is 25.3. The fraction of sp³-hybridized carbons (Fsp3) is 0.323. The van der Waals surface area contributed by atoms with Gasteiger partial charge in [0.1, 0.15) is 11.5 Å². The summed E-state index contributed by atoms with van der Waals surface area (Å²) >= 11 is 0. The van der Waals surface area contributed by atoms with Gasteiger partial charge in [-0.1, -0.05) is 69.3 Å². The summed E-state index contributed by atoms with van der Waals surface area (Å²) in [5.41, 5.74) is 3.45. The zero-order valence-corrected chi connectivity index (χ0v) is 21.1. The third-order valence-electron chi connectivity index (χ3n) is 6.96. The van der Waals surface area contributed by atoms with Crippen molar-refractivity contribution in [3.8, 4) is 5.75 Å². The quantitative estimate of drug-likeness (QED) is 0.397. The second-order valence-electron chi connectivity index (χ2n) is 10.4. The van der Waals surface area contributed by atoms with Gasteiger partial charge in [-0.15, -0.1) is 0 Å². The molecule has 1 saturated carbocycles. The van der Waals surface area contributed by atoms with Crippen LogP contribution >= 0.6 is 0 Å². The maximum Gasteiger partial charge on any atom is 0.258 e. The lowest BCUT2D eigenvalue weighted by Gasteiger charge is -2.41. The van der Waals surface area contributed by atoms with Crippen LogP contribution in [0.25, 0.3) is 0 Å². The molecule has 3 aromatic rings. The van der Waals surface area contributed by atoms with Crippen LogP contribution in [0.3, 0.4) is 0 Å². The molecule has 5 heteroatoms. The monoisotopic (exact) mass is 480 g/mol. The number of para-hydroxylation sites is 3. The Hall–Kier alpha value is -3.73. The number of Topliss-reactive ketones (excluding diaryl/α,β-unsaturated/α-hetero) is 1. The van der Waals surface area contributed by atoms with Gasteiger partial charge in [-0.05, 0) is 48.6 Å². The molecule has 2 atom stereocenters. The van der Waals surface area contributed by atoms with E-state index in [1.807, 2.05) is 78.9 Å². The molecule has 0 saturated heterocycles. The minimum Gasteiger partial charge on any atom is -0.493 e. The molecule has 0 bridgehead atoms. The Bertz CT molecular complexity index is 1310. The number of hydrogen-bond donors (Lipinski definition) is 0. The molecule has 5 nitrogen and oxygen atoms in total. The summed E-state index contributed by atoms with van der Waals surface area (Å²) in [4.78, 5) is 35.0. The highest BCUT2D eigenvalue weighted by Crippen LogP contribution is 2.50. The van der Waals surface area contributed by atoms with E-state index in [1.165, 1.54) is 0 Å². The first-order chi connectivity index (χ1) is 17.4. The van der Waals surface area contributed by atoms with Crippen molar-refractivity contribution in [1.29, 1.82) is 0 Å². The fourth-order valence-corrected chi connectivity index (χ4v) is 5.46. The zero-order valence-electron chi connectivity index (χ0n) is 21.1. The number of hydrogen-bond acceptors (Lipinski definition) is 4. The van der Waals surface area contributed by atoms with Crippen LogP contribution in [0.5, 0.6) is 5.75 Å². The number of aliphatic imine (C=N–C) groups is 1. The van der Waals surface area contributed by atoms with E-state index >= 15 is 0 Å². The molecule has 5 rings (SSSR count). The number of rotatable bonds is 5. The van der Waals surface area contributed by atoms with Crippen LogP contribution in [0, 0.1) is 11.3 Å². The first-order valence-corrected chi connectivity index (χ1v) is 12.7. The molecule has 1 aliphatic carbocycles. The standard InChI is InChI=1S/C31H32N2O3/c1-4-18-36-27-17-11-8-14-22(27)29-28-24(19-31(2,3)20-26(28)34)32-23-15-9-10-16-25(23)33(29)30(35)21-12-6-5-7-13-21/h5-17,28-29H,4,18-20H2,1-3H3. The van der Waals surface area contributed by atoms with Crippen LogP contribution in [0.15, 0.2) is 83.9 Å². The minimum atomic E-state index is -0.572. The summed E-state index contributed by atoms with van der Waals surface area (Å²) < 4.78 is 6.17. The lowest BCUT2D eigenvalue weighted by Crippen LogP contribution is -2.47. The highest BCUT2D eigenvalue weighted by molar-refractivity contribution is 6.15. The second-order valence-corrected chi connectivity index (χ2v) is 10.4. The number of carbonyl (C=O) groups excluding carboxylic acids is 2. The van der Waals surface area contributed by atoms with Gasteiger partial charge in [-0.3, -0.25) is 19.5 Å². The van der Waals surface area contributed by atoms with E-state index in [1.54, 1.807) is 4.90 Å². The number of anilines is 1. The van der Waals surface area contributed by atoms with Crippen molar-refractivity contribution in [2.45, 2.75) is 46.1 Å². The Morgan fingerprint density at radius 2 is 1.67 bits per heavy atom. The molecular weight excluding hydrogens is 448 g/mol. The summed E-state index contributed by atoms with van der Waals surface area (Å²) in [6.07, 6.45) is 1.99. The van der Waals surface area contributed by atoms with Crippen molar-refractivity contribution in [2.24, 2.45) is 16.3 Å². The van der Waals surface area contributed by atoms with Gasteiger partial charge in [-0.2, -0.15) is 0 Å². The molecule has 3 aromatic carbocycles. The lowest BCUT2D eigenvalue weighted by molar-refractivity contribution is -0.124. The highest BCUT2D eigenvalue weighted by atomic mass is 16.5. The summed E-state index contributed by atoms with van der Waals surface area (Å²) in [5, 5.41) is 0. The maximum atomic E-state index is 14.3. The Kier molecular flexibility index (Phi) is 6.48. The van der Waals surface area contributed by atoms with Crippen LogP contribution in [0.1, 0.15) is 62.0 Å². The normalized spacial score (nSPS) is 20.6. The molecule has 1 aliphatic heterocycles. The maximum absolute atomic E-state index is 14.3. The van der Waals surface area contributed by atoms with Crippen molar-refractivity contribution < 1.29 is 14.3 Å². The third-order valence-corrected chi connectivity index (χ3v) is 6.96. The van der Waals surface area contributed by atoms with E-state index in [9.17, 15) is 9.59 Å². The van der Waals surface area contributed by atoms with Gasteiger partial charge >= 0.3 is 0 Å². The van der Waals surface area contributed by atoms with Gasteiger partial charge in [0.15, 0.2) is 0 Å². The van der Waals surface area contributed by atoms with E-state index in [0.29, 0.717) is 42.1 Å². The average Bonchev–Trinajstić information content (AvgIpc) is 3.01. The molecule has 0 radical (unpaired) electrons. The molecule has 0 spiro atoms. The highest BCUT2D eigenvalue weighted by Gasteiger charge is 2.48. The Morgan fingerprint density at radius 3 is 2.44 bits per heavy atom. The number of carbonyl (C=O) groups is 2. The van der Waals surface area contributed by atoms with E-state index in [-0.39, 0.29) is 17.1 Å². The predicted molar refractivity (Wildman–Crippen MR) is 143 cm³/mol.